The van der Waals surface area contributed by atoms with E-state index in [1.54, 1.807) is 0 Å². The van der Waals surface area contributed by atoms with Crippen LogP contribution in [0, 0.1) is 0 Å². The molecule has 94 valence electrons. The van der Waals surface area contributed by atoms with Gasteiger partial charge in [0, 0.05) is 29.7 Å². The van der Waals surface area contributed by atoms with Crippen LogP contribution < -0.4 is 10.6 Å². The molecule has 0 spiro atoms. The van der Waals surface area contributed by atoms with Crippen LogP contribution in [0.5, 0.6) is 0 Å². The molecule has 3 rings (SSSR count). The summed E-state index contributed by atoms with van der Waals surface area (Å²) in [4.78, 5) is 14.9. The van der Waals surface area contributed by atoms with Gasteiger partial charge in [0.2, 0.25) is 5.91 Å². The molecule has 1 fully saturated rings. The van der Waals surface area contributed by atoms with Crippen molar-refractivity contribution >= 4 is 16.8 Å². The van der Waals surface area contributed by atoms with E-state index in [1.807, 2.05) is 25.3 Å². The summed E-state index contributed by atoms with van der Waals surface area (Å²) >= 11 is 0. The molecule has 1 saturated heterocycles. The molecule has 0 aliphatic carbocycles. The molecule has 4 nitrogen and oxygen atoms in total. The van der Waals surface area contributed by atoms with Gasteiger partial charge in [0.15, 0.2) is 0 Å². The van der Waals surface area contributed by atoms with Crippen molar-refractivity contribution in [2.75, 3.05) is 6.54 Å². The highest BCUT2D eigenvalue weighted by molar-refractivity contribution is 5.84. The fourth-order valence-corrected chi connectivity index (χ4v) is 2.48. The van der Waals surface area contributed by atoms with E-state index in [4.69, 9.17) is 0 Å². The maximum atomic E-state index is 11.6. The lowest BCUT2D eigenvalue weighted by atomic mass is 10.0. The summed E-state index contributed by atoms with van der Waals surface area (Å²) in [6.45, 7) is 2.71. The Labute approximate surface area is 106 Å². The van der Waals surface area contributed by atoms with Crippen molar-refractivity contribution in [3.05, 3.63) is 36.0 Å². The van der Waals surface area contributed by atoms with Gasteiger partial charge in [-0.05, 0) is 25.0 Å². The first kappa shape index (κ1) is 11.3. The normalized spacial score (nSPS) is 24.2. The second-order valence-corrected chi connectivity index (χ2v) is 4.90. The number of rotatable bonds is 2. The average Bonchev–Trinajstić information content (AvgIpc) is 2.78. The monoisotopic (exact) mass is 243 g/mol. The predicted molar refractivity (Wildman–Crippen MR) is 71.4 cm³/mol. The van der Waals surface area contributed by atoms with E-state index < -0.39 is 0 Å². The van der Waals surface area contributed by atoms with Crippen LogP contribution in [0.2, 0.25) is 0 Å². The van der Waals surface area contributed by atoms with E-state index in [0.717, 1.165) is 18.5 Å². The van der Waals surface area contributed by atoms with Crippen molar-refractivity contribution in [2.24, 2.45) is 0 Å². The zero-order valence-electron chi connectivity index (χ0n) is 10.4. The highest BCUT2D eigenvalue weighted by Crippen LogP contribution is 2.19. The van der Waals surface area contributed by atoms with Crippen molar-refractivity contribution in [1.82, 2.24) is 15.6 Å². The van der Waals surface area contributed by atoms with Crippen molar-refractivity contribution in [1.29, 1.82) is 0 Å². The second kappa shape index (κ2) is 4.46. The van der Waals surface area contributed by atoms with E-state index in [9.17, 15) is 4.79 Å². The summed E-state index contributed by atoms with van der Waals surface area (Å²) in [5.74, 6) is 0.0890. The first-order chi connectivity index (χ1) is 8.74. The highest BCUT2D eigenvalue weighted by atomic mass is 16.2. The van der Waals surface area contributed by atoms with Crippen molar-refractivity contribution < 1.29 is 4.79 Å². The van der Waals surface area contributed by atoms with E-state index in [2.05, 4.69) is 27.8 Å². The third-order valence-corrected chi connectivity index (χ3v) is 3.55. The number of aromatic nitrogens is 1. The molecule has 0 bridgehead atoms. The minimum atomic E-state index is -0.0794. The molecule has 2 heterocycles. The van der Waals surface area contributed by atoms with Crippen LogP contribution in [0.3, 0.4) is 0 Å². The fourth-order valence-electron chi connectivity index (χ4n) is 2.48. The van der Waals surface area contributed by atoms with Gasteiger partial charge in [-0.3, -0.25) is 4.79 Å². The van der Waals surface area contributed by atoms with Crippen LogP contribution in [0.4, 0.5) is 0 Å². The summed E-state index contributed by atoms with van der Waals surface area (Å²) in [5, 5.41) is 7.51. The van der Waals surface area contributed by atoms with E-state index in [-0.39, 0.29) is 18.0 Å². The number of nitrogens with one attached hydrogen (secondary N) is 3. The average molecular weight is 243 g/mol. The van der Waals surface area contributed by atoms with E-state index >= 15 is 0 Å². The van der Waals surface area contributed by atoms with Crippen LogP contribution in [0.1, 0.15) is 12.5 Å². The molecule has 1 aromatic carbocycles. The molecule has 0 saturated carbocycles. The van der Waals surface area contributed by atoms with Crippen molar-refractivity contribution in [3.8, 4) is 0 Å². The summed E-state index contributed by atoms with van der Waals surface area (Å²) in [5.41, 5.74) is 2.41. The Hall–Kier alpha value is -1.81. The maximum absolute atomic E-state index is 11.6. The zero-order chi connectivity index (χ0) is 12.5. The number of carbonyl (C=O) groups is 1. The topological polar surface area (TPSA) is 56.9 Å². The Bertz CT molecular complexity index is 575. The molecule has 3 N–H and O–H groups in total. The number of benzene rings is 1. The maximum Gasteiger partial charge on any atom is 0.237 e. The summed E-state index contributed by atoms with van der Waals surface area (Å²) in [6, 6.07) is 8.34. The zero-order valence-corrected chi connectivity index (χ0v) is 10.4. The fraction of sp³-hybridized carbons (Fsp3) is 0.357. The third-order valence-electron chi connectivity index (χ3n) is 3.55. The minimum absolute atomic E-state index is 0.0794. The number of piperazine rings is 1. The van der Waals surface area contributed by atoms with Gasteiger partial charge in [0.25, 0.3) is 0 Å². The number of hydrogen-bond donors (Lipinski definition) is 3. The van der Waals surface area contributed by atoms with Gasteiger partial charge in [-0.1, -0.05) is 18.2 Å². The molecular formula is C14H17N3O. The van der Waals surface area contributed by atoms with Crippen molar-refractivity contribution in [3.63, 3.8) is 0 Å². The Morgan fingerprint density at radius 2 is 2.17 bits per heavy atom. The lowest BCUT2D eigenvalue weighted by molar-refractivity contribution is -0.124. The first-order valence-corrected chi connectivity index (χ1v) is 6.33. The van der Waals surface area contributed by atoms with Gasteiger partial charge in [0.1, 0.15) is 0 Å². The largest absolute Gasteiger partial charge is 0.361 e. The standard InChI is InChI=1S/C14H17N3O/c1-9-14(18)17-11(8-15-9)6-10-7-16-13-5-3-2-4-12(10)13/h2-5,7,9,11,15-16H,6,8H2,1H3,(H,17,18)/t9-,11-/m0/s1. The van der Waals surface area contributed by atoms with Gasteiger partial charge >= 0.3 is 0 Å². The molecule has 2 aromatic rings. The van der Waals surface area contributed by atoms with Crippen LogP contribution in [-0.4, -0.2) is 29.5 Å². The van der Waals surface area contributed by atoms with E-state index in [1.165, 1.54) is 10.9 Å². The van der Waals surface area contributed by atoms with Gasteiger partial charge in [0.05, 0.1) is 6.04 Å². The third kappa shape index (κ3) is 1.99. The lowest BCUT2D eigenvalue weighted by Crippen LogP contribution is -2.57. The van der Waals surface area contributed by atoms with Gasteiger partial charge in [-0.15, -0.1) is 0 Å². The van der Waals surface area contributed by atoms with Crippen LogP contribution in [0.25, 0.3) is 10.9 Å². The molecule has 2 atom stereocenters. The van der Waals surface area contributed by atoms with Crippen LogP contribution >= 0.6 is 0 Å². The van der Waals surface area contributed by atoms with Crippen LogP contribution in [-0.2, 0) is 11.2 Å². The SMILES string of the molecule is C[C@@H]1NC[C@H](Cc2c[nH]c3ccccc23)NC1=O. The second-order valence-electron chi connectivity index (χ2n) is 4.90. The first-order valence-electron chi connectivity index (χ1n) is 6.33. The molecule has 1 aliphatic rings. The van der Waals surface area contributed by atoms with Crippen molar-refractivity contribution in [2.45, 2.75) is 25.4 Å². The Kier molecular flexibility index (Phi) is 2.80. The molecule has 1 amide bonds. The molecule has 4 heteroatoms. The Morgan fingerprint density at radius 1 is 1.33 bits per heavy atom. The summed E-state index contributed by atoms with van der Waals surface area (Å²) < 4.78 is 0. The molecule has 0 unspecified atom stereocenters. The number of para-hydroxylation sites is 1. The predicted octanol–water partition coefficient (Wildman–Crippen LogP) is 1.19. The summed E-state index contributed by atoms with van der Waals surface area (Å²) in [7, 11) is 0. The molecule has 0 radical (unpaired) electrons. The highest BCUT2D eigenvalue weighted by Gasteiger charge is 2.24. The van der Waals surface area contributed by atoms with Gasteiger partial charge in [-0.2, -0.15) is 0 Å². The molecule has 1 aromatic heterocycles. The lowest BCUT2D eigenvalue weighted by Gasteiger charge is -2.28. The molecule has 1 aliphatic heterocycles. The molecule has 18 heavy (non-hydrogen) atoms. The minimum Gasteiger partial charge on any atom is -0.361 e. The number of H-pyrrole nitrogens is 1. The van der Waals surface area contributed by atoms with Crippen LogP contribution in [0.15, 0.2) is 30.5 Å². The number of carbonyl (C=O) groups excluding carboxylic acids is 1. The number of aromatic amines is 1. The Balaban J connectivity index is 1.78. The van der Waals surface area contributed by atoms with E-state index in [0.29, 0.717) is 0 Å². The smallest absolute Gasteiger partial charge is 0.237 e. The number of fused-ring (bicyclic) bond motifs is 1. The number of amides is 1. The Morgan fingerprint density at radius 3 is 3.00 bits per heavy atom. The number of hydrogen-bond acceptors (Lipinski definition) is 2. The quantitative estimate of drug-likeness (QED) is 0.742. The summed E-state index contributed by atoms with van der Waals surface area (Å²) in [6.07, 6.45) is 2.89. The van der Waals surface area contributed by atoms with Gasteiger partial charge in [-0.25, -0.2) is 0 Å². The van der Waals surface area contributed by atoms with Gasteiger partial charge < -0.3 is 15.6 Å². The molecular weight excluding hydrogens is 226 g/mol.